The van der Waals surface area contributed by atoms with E-state index in [9.17, 15) is 0 Å². The number of hydrogen-bond donors (Lipinski definition) is 1. The molecule has 182 valence electrons. The molecule has 33 heavy (non-hydrogen) atoms. The van der Waals surface area contributed by atoms with Gasteiger partial charge in [-0.2, -0.15) is 0 Å². The van der Waals surface area contributed by atoms with Crippen molar-refractivity contribution in [3.05, 3.63) is 36.4 Å². The van der Waals surface area contributed by atoms with Crippen LogP contribution in [-0.2, 0) is 9.47 Å². The molecule has 3 heterocycles. The Labute approximate surface area is 207 Å². The number of nitrogens with zero attached hydrogens (tertiary/aromatic N) is 2. The van der Waals surface area contributed by atoms with E-state index in [-0.39, 0.29) is 24.8 Å². The molecule has 5 rings (SSSR count). The Hall–Kier alpha value is -1.74. The van der Waals surface area contributed by atoms with Gasteiger partial charge >= 0.3 is 0 Å². The minimum atomic E-state index is 0. The van der Waals surface area contributed by atoms with E-state index < -0.39 is 0 Å². The van der Waals surface area contributed by atoms with Crippen LogP contribution in [0.3, 0.4) is 0 Å². The number of aromatic amines is 1. The summed E-state index contributed by atoms with van der Waals surface area (Å²) >= 11 is 0. The summed E-state index contributed by atoms with van der Waals surface area (Å²) in [7, 11) is 0. The van der Waals surface area contributed by atoms with E-state index in [1.807, 2.05) is 0 Å². The van der Waals surface area contributed by atoms with Crippen molar-refractivity contribution in [2.45, 2.75) is 0 Å². The van der Waals surface area contributed by atoms with Gasteiger partial charge in [0.05, 0.1) is 37.5 Å². The molecule has 9 heteroatoms. The largest absolute Gasteiger partial charge is 0.492 e. The minimum absolute atomic E-state index is 0. The Kier molecular flexibility index (Phi) is 9.92. The zero-order chi connectivity index (χ0) is 20.9. The standard InChI is InChI=1S/C24H31N3O4.2ClH/c1-3-21-22-4-2-20(31-16-10-27-7-13-29-14-8-27)18-24(22)25-23(21)17-19(1)30-15-9-26-5-11-28-12-6-26;;/h1-4,17-18,25H,5-16H2;2*1H. The Morgan fingerprint density at radius 2 is 1.09 bits per heavy atom. The normalized spacial score (nSPS) is 17.5. The van der Waals surface area contributed by atoms with Crippen molar-refractivity contribution in [2.75, 3.05) is 78.9 Å². The first-order valence-electron chi connectivity index (χ1n) is 11.3. The maximum Gasteiger partial charge on any atom is 0.121 e. The van der Waals surface area contributed by atoms with Crippen molar-refractivity contribution >= 4 is 46.6 Å². The van der Waals surface area contributed by atoms with Gasteiger partial charge in [0.2, 0.25) is 0 Å². The number of rotatable bonds is 8. The molecule has 0 spiro atoms. The topological polar surface area (TPSA) is 59.2 Å². The molecular formula is C24H33Cl2N3O4. The second-order valence-electron chi connectivity index (χ2n) is 8.14. The Bertz CT molecular complexity index is 926. The van der Waals surface area contributed by atoms with Crippen molar-refractivity contribution in [3.63, 3.8) is 0 Å². The number of hydrogen-bond acceptors (Lipinski definition) is 6. The Morgan fingerprint density at radius 3 is 1.52 bits per heavy atom. The van der Waals surface area contributed by atoms with Gasteiger partial charge in [0.15, 0.2) is 0 Å². The number of halogens is 2. The highest BCUT2D eigenvalue weighted by Crippen LogP contribution is 2.30. The fourth-order valence-electron chi connectivity index (χ4n) is 4.28. The van der Waals surface area contributed by atoms with Crippen LogP contribution in [0.25, 0.3) is 21.8 Å². The van der Waals surface area contributed by atoms with Crippen molar-refractivity contribution < 1.29 is 18.9 Å². The third-order valence-electron chi connectivity index (χ3n) is 6.10. The Morgan fingerprint density at radius 1 is 0.667 bits per heavy atom. The number of aromatic nitrogens is 1. The van der Waals surface area contributed by atoms with E-state index in [0.29, 0.717) is 13.2 Å². The van der Waals surface area contributed by atoms with E-state index >= 15 is 0 Å². The quantitative estimate of drug-likeness (QED) is 0.513. The molecule has 0 unspecified atom stereocenters. The minimum Gasteiger partial charge on any atom is -0.492 e. The van der Waals surface area contributed by atoms with Crippen molar-refractivity contribution in [3.8, 4) is 11.5 Å². The highest BCUT2D eigenvalue weighted by molar-refractivity contribution is 6.07. The highest BCUT2D eigenvalue weighted by atomic mass is 35.5. The van der Waals surface area contributed by atoms with Crippen LogP contribution in [0.5, 0.6) is 11.5 Å². The van der Waals surface area contributed by atoms with Crippen molar-refractivity contribution in [2.24, 2.45) is 0 Å². The molecule has 2 aliphatic heterocycles. The van der Waals surface area contributed by atoms with Gasteiger partial charge in [-0.3, -0.25) is 9.80 Å². The lowest BCUT2D eigenvalue weighted by atomic mass is 10.1. The molecule has 3 aromatic rings. The zero-order valence-corrected chi connectivity index (χ0v) is 20.4. The fourth-order valence-corrected chi connectivity index (χ4v) is 4.28. The smallest absolute Gasteiger partial charge is 0.121 e. The molecule has 0 aliphatic carbocycles. The van der Waals surface area contributed by atoms with Crippen LogP contribution in [-0.4, -0.2) is 93.7 Å². The zero-order valence-electron chi connectivity index (χ0n) is 18.8. The molecule has 0 radical (unpaired) electrons. The second-order valence-corrected chi connectivity index (χ2v) is 8.14. The van der Waals surface area contributed by atoms with E-state index in [2.05, 4.69) is 51.2 Å². The van der Waals surface area contributed by atoms with E-state index in [4.69, 9.17) is 18.9 Å². The van der Waals surface area contributed by atoms with Gasteiger partial charge in [-0.1, -0.05) is 0 Å². The second kappa shape index (κ2) is 12.6. The van der Waals surface area contributed by atoms with Crippen LogP contribution in [0, 0.1) is 0 Å². The molecule has 1 N–H and O–H groups in total. The summed E-state index contributed by atoms with van der Waals surface area (Å²) in [4.78, 5) is 8.29. The maximum absolute atomic E-state index is 6.01. The first-order valence-corrected chi connectivity index (χ1v) is 11.3. The highest BCUT2D eigenvalue weighted by Gasteiger charge is 2.12. The SMILES string of the molecule is Cl.Cl.c1cc2c(cc1OCCN1CCOCC1)[nH]c1cc(OCCN3CCOCC3)ccc12. The van der Waals surface area contributed by atoms with Gasteiger partial charge in [-0.25, -0.2) is 0 Å². The van der Waals surface area contributed by atoms with Gasteiger partial charge in [0.1, 0.15) is 24.7 Å². The van der Waals surface area contributed by atoms with Crippen molar-refractivity contribution in [1.82, 2.24) is 14.8 Å². The molecule has 0 amide bonds. The molecule has 7 nitrogen and oxygen atoms in total. The molecular weight excluding hydrogens is 465 g/mol. The first-order chi connectivity index (χ1) is 15.3. The van der Waals surface area contributed by atoms with Crippen LogP contribution >= 0.6 is 24.8 Å². The van der Waals surface area contributed by atoms with Gasteiger partial charge in [-0.05, 0) is 24.3 Å². The number of nitrogens with one attached hydrogen (secondary N) is 1. The third-order valence-corrected chi connectivity index (χ3v) is 6.10. The number of ether oxygens (including phenoxy) is 4. The average molecular weight is 498 g/mol. The lowest BCUT2D eigenvalue weighted by molar-refractivity contribution is 0.0322. The molecule has 2 saturated heterocycles. The summed E-state index contributed by atoms with van der Waals surface area (Å²) in [5, 5.41) is 2.41. The van der Waals surface area contributed by atoms with Crippen LogP contribution in [0.15, 0.2) is 36.4 Å². The summed E-state index contributed by atoms with van der Waals surface area (Å²) in [5.41, 5.74) is 2.17. The van der Waals surface area contributed by atoms with Crippen LogP contribution in [0.4, 0.5) is 0 Å². The lowest BCUT2D eigenvalue weighted by Crippen LogP contribution is -2.38. The van der Waals surface area contributed by atoms with Crippen molar-refractivity contribution in [1.29, 1.82) is 0 Å². The maximum atomic E-state index is 6.01. The summed E-state index contributed by atoms with van der Waals surface area (Å²) in [5.74, 6) is 1.80. The fraction of sp³-hybridized carbons (Fsp3) is 0.500. The van der Waals surface area contributed by atoms with E-state index in [1.54, 1.807) is 0 Å². The van der Waals surface area contributed by atoms with Gasteiger partial charge in [0.25, 0.3) is 0 Å². The summed E-state index contributed by atoms with van der Waals surface area (Å²) in [6, 6.07) is 12.6. The number of fused-ring (bicyclic) bond motifs is 3. The summed E-state index contributed by atoms with van der Waals surface area (Å²) in [6.45, 7) is 10.5. The molecule has 2 aliphatic rings. The van der Waals surface area contributed by atoms with Crippen LogP contribution < -0.4 is 9.47 Å². The van der Waals surface area contributed by atoms with Crippen LogP contribution in [0.1, 0.15) is 0 Å². The molecule has 0 atom stereocenters. The predicted octanol–water partition coefficient (Wildman–Crippen LogP) is 3.59. The number of H-pyrrole nitrogens is 1. The summed E-state index contributed by atoms with van der Waals surface area (Å²) in [6.07, 6.45) is 0. The van der Waals surface area contributed by atoms with E-state index in [0.717, 1.165) is 88.2 Å². The Balaban J connectivity index is 0.00000153. The summed E-state index contributed by atoms with van der Waals surface area (Å²) < 4.78 is 22.8. The monoisotopic (exact) mass is 497 g/mol. The third kappa shape index (κ3) is 6.66. The molecule has 2 fully saturated rings. The molecule has 0 bridgehead atoms. The molecule has 2 aromatic carbocycles. The average Bonchev–Trinajstić information content (AvgIpc) is 3.17. The first kappa shape index (κ1) is 25.9. The van der Waals surface area contributed by atoms with E-state index in [1.165, 1.54) is 10.8 Å². The van der Waals surface area contributed by atoms with Gasteiger partial charge in [0, 0.05) is 62.2 Å². The predicted molar refractivity (Wildman–Crippen MR) is 136 cm³/mol. The van der Waals surface area contributed by atoms with Crippen LogP contribution in [0.2, 0.25) is 0 Å². The number of morpholine rings is 2. The molecule has 1 aromatic heterocycles. The number of benzene rings is 2. The molecule has 0 saturated carbocycles. The lowest BCUT2D eigenvalue weighted by Gasteiger charge is -2.26. The van der Waals surface area contributed by atoms with Gasteiger partial charge < -0.3 is 23.9 Å². The van der Waals surface area contributed by atoms with Gasteiger partial charge in [-0.15, -0.1) is 24.8 Å².